The summed E-state index contributed by atoms with van der Waals surface area (Å²) in [5, 5.41) is 44.0. The number of phenols is 2. The van der Waals surface area contributed by atoms with Gasteiger partial charge in [0.25, 0.3) is 0 Å². The molecule has 1 saturated heterocycles. The summed E-state index contributed by atoms with van der Waals surface area (Å²) >= 11 is 0. The lowest BCUT2D eigenvalue weighted by molar-refractivity contribution is -0.135. The van der Waals surface area contributed by atoms with Gasteiger partial charge in [0.2, 0.25) is 29.5 Å². The van der Waals surface area contributed by atoms with Crippen LogP contribution in [0.5, 0.6) is 11.5 Å². The van der Waals surface area contributed by atoms with Crippen molar-refractivity contribution in [1.29, 1.82) is 0 Å². The second-order valence-corrected chi connectivity index (χ2v) is 12.8. The molecule has 11 N–H and O–H groups in total. The number of fused-ring (bicyclic) bond motifs is 1. The number of aliphatic hydroxyl groups is 1. The third kappa shape index (κ3) is 9.86. The number of primary amides is 1. The number of phenolic OH excluding ortho intramolecular Hbond substituents is 2. The van der Waals surface area contributed by atoms with Crippen molar-refractivity contribution in [3.63, 3.8) is 0 Å². The molecule has 1 fully saturated rings. The first-order chi connectivity index (χ1) is 25.0. The van der Waals surface area contributed by atoms with Crippen molar-refractivity contribution in [2.24, 2.45) is 5.73 Å². The Kier molecular flexibility index (Phi) is 12.4. The standard InChI is InChI=1S/C37H43N7O8/c38-33(48)29(18-23-19-40-27-5-2-1-4-26(23)27)41-35(50)30(16-21-7-11-24(46)12-8-21)42-36(51)31(17-22-9-13-25(47)14-10-22)43-37(52)32(20-45)44-34(49)28-6-3-15-39-28/h1-2,4-5,7-14,19,28-32,39-40,45-47H,3,6,15-18,20H2,(H2,38,48)(H,41,50)(H,42,51)(H,43,52)(H,44,49)/t28-,29-,30-,31-,32-/m0/s1. The summed E-state index contributed by atoms with van der Waals surface area (Å²) in [4.78, 5) is 69.8. The van der Waals surface area contributed by atoms with Gasteiger partial charge in [0, 0.05) is 36.4 Å². The zero-order chi connectivity index (χ0) is 37.2. The van der Waals surface area contributed by atoms with Gasteiger partial charge in [0.1, 0.15) is 35.7 Å². The van der Waals surface area contributed by atoms with Gasteiger partial charge in [-0.2, -0.15) is 0 Å². The van der Waals surface area contributed by atoms with Gasteiger partial charge in [-0.15, -0.1) is 0 Å². The minimum absolute atomic E-state index is 0.00720. The van der Waals surface area contributed by atoms with Gasteiger partial charge >= 0.3 is 0 Å². The lowest BCUT2D eigenvalue weighted by Gasteiger charge is -2.26. The molecule has 15 nitrogen and oxygen atoms in total. The zero-order valence-electron chi connectivity index (χ0n) is 28.3. The van der Waals surface area contributed by atoms with Crippen LogP contribution in [0, 0.1) is 0 Å². The lowest BCUT2D eigenvalue weighted by Crippen LogP contribution is -2.60. The van der Waals surface area contributed by atoms with Crippen molar-refractivity contribution in [1.82, 2.24) is 31.6 Å². The summed E-state index contributed by atoms with van der Waals surface area (Å²) in [5.41, 5.74) is 8.42. The molecule has 0 unspecified atom stereocenters. The average molecular weight is 714 g/mol. The van der Waals surface area contributed by atoms with Crippen LogP contribution in [-0.4, -0.2) is 93.2 Å². The van der Waals surface area contributed by atoms with E-state index in [9.17, 15) is 39.3 Å². The van der Waals surface area contributed by atoms with Crippen LogP contribution in [0.25, 0.3) is 10.9 Å². The molecule has 0 aliphatic carbocycles. The number of rotatable bonds is 16. The molecular weight excluding hydrogens is 670 g/mol. The third-order valence-corrected chi connectivity index (χ3v) is 8.97. The van der Waals surface area contributed by atoms with Gasteiger partial charge in [-0.05, 0) is 66.4 Å². The summed E-state index contributed by atoms with van der Waals surface area (Å²) < 4.78 is 0. The number of H-pyrrole nitrogens is 1. The maximum Gasteiger partial charge on any atom is 0.245 e. The molecule has 0 bridgehead atoms. The van der Waals surface area contributed by atoms with Gasteiger partial charge in [-0.1, -0.05) is 42.5 Å². The lowest BCUT2D eigenvalue weighted by atomic mass is 10.0. The van der Waals surface area contributed by atoms with Gasteiger partial charge in [-0.3, -0.25) is 24.0 Å². The molecule has 3 aromatic carbocycles. The van der Waals surface area contributed by atoms with Crippen LogP contribution < -0.4 is 32.3 Å². The number of carbonyl (C=O) groups excluding carboxylic acids is 5. The van der Waals surface area contributed by atoms with E-state index in [4.69, 9.17) is 5.73 Å². The van der Waals surface area contributed by atoms with Crippen molar-refractivity contribution >= 4 is 40.4 Å². The fourth-order valence-electron chi connectivity index (χ4n) is 6.09. The van der Waals surface area contributed by atoms with Crippen LogP contribution in [0.15, 0.2) is 79.0 Å². The molecular formula is C37H43N7O8. The Hall–Kier alpha value is -5.93. The number of carbonyl (C=O) groups is 5. The van der Waals surface area contributed by atoms with Gasteiger partial charge in [0.15, 0.2) is 0 Å². The molecule has 2 heterocycles. The van der Waals surface area contributed by atoms with E-state index in [1.165, 1.54) is 24.3 Å². The average Bonchev–Trinajstić information content (AvgIpc) is 3.82. The van der Waals surface area contributed by atoms with Crippen molar-refractivity contribution in [2.75, 3.05) is 13.2 Å². The van der Waals surface area contributed by atoms with Crippen LogP contribution >= 0.6 is 0 Å². The van der Waals surface area contributed by atoms with Gasteiger partial charge in [0.05, 0.1) is 12.6 Å². The molecule has 5 rings (SSSR count). The van der Waals surface area contributed by atoms with Crippen LogP contribution in [0.1, 0.15) is 29.5 Å². The third-order valence-electron chi connectivity index (χ3n) is 8.97. The normalized spacial score (nSPS) is 16.3. The molecule has 0 radical (unpaired) electrons. The predicted octanol–water partition coefficient (Wildman–Crippen LogP) is -0.224. The second kappa shape index (κ2) is 17.3. The van der Waals surface area contributed by atoms with E-state index >= 15 is 0 Å². The number of para-hydroxylation sites is 1. The first-order valence-corrected chi connectivity index (χ1v) is 17.0. The molecule has 5 amide bonds. The highest BCUT2D eigenvalue weighted by molar-refractivity contribution is 5.96. The summed E-state index contributed by atoms with van der Waals surface area (Å²) in [6.45, 7) is -0.0975. The highest BCUT2D eigenvalue weighted by atomic mass is 16.3. The number of nitrogens with two attached hydrogens (primary N) is 1. The van der Waals surface area contributed by atoms with E-state index < -0.39 is 66.4 Å². The van der Waals surface area contributed by atoms with Crippen molar-refractivity contribution in [2.45, 2.75) is 62.3 Å². The van der Waals surface area contributed by atoms with E-state index in [0.29, 0.717) is 24.1 Å². The van der Waals surface area contributed by atoms with Gasteiger partial charge < -0.3 is 52.6 Å². The van der Waals surface area contributed by atoms with Crippen LogP contribution in [0.3, 0.4) is 0 Å². The number of aliphatic hydroxyl groups excluding tert-OH is 1. The number of aromatic nitrogens is 1. The van der Waals surface area contributed by atoms with Crippen LogP contribution in [0.2, 0.25) is 0 Å². The Morgan fingerprint density at radius 1 is 0.712 bits per heavy atom. The smallest absolute Gasteiger partial charge is 0.245 e. The van der Waals surface area contributed by atoms with E-state index in [-0.39, 0.29) is 30.8 Å². The van der Waals surface area contributed by atoms with Crippen molar-refractivity contribution in [3.05, 3.63) is 95.7 Å². The molecule has 274 valence electrons. The predicted molar refractivity (Wildman–Crippen MR) is 191 cm³/mol. The summed E-state index contributed by atoms with van der Waals surface area (Å²) in [5.74, 6) is -3.63. The molecule has 0 saturated carbocycles. The number of amides is 5. The zero-order valence-corrected chi connectivity index (χ0v) is 28.3. The van der Waals surface area contributed by atoms with Crippen LogP contribution in [-0.2, 0) is 43.2 Å². The topological polar surface area (TPSA) is 248 Å². The molecule has 4 aromatic rings. The second-order valence-electron chi connectivity index (χ2n) is 12.8. The Balaban J connectivity index is 1.37. The Bertz CT molecular complexity index is 1870. The number of benzene rings is 3. The monoisotopic (exact) mass is 713 g/mol. The summed E-state index contributed by atoms with van der Waals surface area (Å²) in [6, 6.07) is 13.7. The Morgan fingerprint density at radius 2 is 1.25 bits per heavy atom. The fourth-order valence-corrected chi connectivity index (χ4v) is 6.09. The van der Waals surface area contributed by atoms with Crippen molar-refractivity contribution in [3.8, 4) is 11.5 Å². The first-order valence-electron chi connectivity index (χ1n) is 17.0. The van der Waals surface area contributed by atoms with E-state index in [1.807, 2.05) is 24.3 Å². The van der Waals surface area contributed by atoms with E-state index in [2.05, 4.69) is 31.6 Å². The highest BCUT2D eigenvalue weighted by Gasteiger charge is 2.33. The largest absolute Gasteiger partial charge is 0.508 e. The molecule has 1 aromatic heterocycles. The van der Waals surface area contributed by atoms with E-state index in [1.54, 1.807) is 30.5 Å². The number of aromatic amines is 1. The minimum Gasteiger partial charge on any atom is -0.508 e. The molecule has 0 spiro atoms. The molecule has 52 heavy (non-hydrogen) atoms. The molecule has 1 aliphatic heterocycles. The number of aromatic hydroxyl groups is 2. The Labute approximate surface area is 299 Å². The number of hydrogen-bond acceptors (Lipinski definition) is 9. The number of nitrogens with one attached hydrogen (secondary N) is 6. The maximum atomic E-state index is 14.0. The Morgan fingerprint density at radius 3 is 1.77 bits per heavy atom. The van der Waals surface area contributed by atoms with Crippen molar-refractivity contribution < 1.29 is 39.3 Å². The van der Waals surface area contributed by atoms with Gasteiger partial charge in [-0.25, -0.2) is 0 Å². The van der Waals surface area contributed by atoms with Crippen LogP contribution in [0.4, 0.5) is 0 Å². The summed E-state index contributed by atoms with van der Waals surface area (Å²) in [7, 11) is 0. The first kappa shape index (κ1) is 37.3. The SMILES string of the molecule is NC(=O)[C@H](Cc1c[nH]c2ccccc12)NC(=O)[C@H](Cc1ccc(O)cc1)NC(=O)[C@H](Cc1ccc(O)cc1)NC(=O)[C@H](CO)NC(=O)[C@@H]1CCCN1. The fraction of sp³-hybridized carbons (Fsp3) is 0.324. The molecule has 15 heteroatoms. The number of hydrogen-bond donors (Lipinski definition) is 10. The molecule has 5 atom stereocenters. The minimum atomic E-state index is -1.37. The van der Waals surface area contributed by atoms with E-state index in [0.717, 1.165) is 22.9 Å². The quantitative estimate of drug-likeness (QED) is 0.0736. The maximum absolute atomic E-state index is 14.0. The molecule has 1 aliphatic rings. The highest BCUT2D eigenvalue weighted by Crippen LogP contribution is 2.20. The summed E-state index contributed by atoms with van der Waals surface area (Å²) in [6.07, 6.45) is 2.98.